The molecule has 2 aliphatic rings. The first-order valence-electron chi connectivity index (χ1n) is 10.1. The van der Waals surface area contributed by atoms with Gasteiger partial charge in [-0.15, -0.1) is 0 Å². The zero-order chi connectivity index (χ0) is 19.8. The molecule has 0 amide bonds. The highest BCUT2D eigenvalue weighted by atomic mass is 16.5. The molecule has 0 aliphatic carbocycles. The second-order valence-corrected chi connectivity index (χ2v) is 7.66. The molecular weight excluding hydrogens is 362 g/mol. The van der Waals surface area contributed by atoms with Crippen molar-refractivity contribution in [2.75, 3.05) is 24.0 Å². The number of ether oxygens (including phenoxy) is 1. The lowest BCUT2D eigenvalue weighted by Crippen LogP contribution is -2.38. The zero-order valence-electron chi connectivity index (χ0n) is 16.5. The molecule has 2 atom stereocenters. The van der Waals surface area contributed by atoms with E-state index in [4.69, 9.17) is 4.74 Å². The number of para-hydroxylation sites is 2. The van der Waals surface area contributed by atoms with Gasteiger partial charge in [0, 0.05) is 24.0 Å². The highest BCUT2D eigenvalue weighted by molar-refractivity contribution is 5.60. The summed E-state index contributed by atoms with van der Waals surface area (Å²) in [5.41, 5.74) is 8.36. The summed E-state index contributed by atoms with van der Waals surface area (Å²) in [6.07, 6.45) is 2.18. The molecule has 3 aromatic carbocycles. The SMILES string of the molecule is COc1ccc(C2N(Nc3ccccc3)C[C@@H]3CCc4ccccc4N23)cc1O. The standard InChI is InChI=1S/C24H25N3O2/c1-29-23-14-12-18(15-22(23)28)24-26(25-19-8-3-2-4-9-19)16-20-13-11-17-7-5-6-10-21(17)27(20)24/h2-10,12,14-15,20,24-25,28H,11,13,16H2,1H3/t20-,24?/m0/s1. The lowest BCUT2D eigenvalue weighted by molar-refractivity contribution is 0.309. The predicted molar refractivity (Wildman–Crippen MR) is 115 cm³/mol. The predicted octanol–water partition coefficient (Wildman–Crippen LogP) is 4.56. The van der Waals surface area contributed by atoms with E-state index < -0.39 is 0 Å². The highest BCUT2D eigenvalue weighted by Crippen LogP contribution is 2.44. The number of hydrogen-bond acceptors (Lipinski definition) is 5. The smallest absolute Gasteiger partial charge is 0.160 e. The third-order valence-corrected chi connectivity index (χ3v) is 5.92. The molecule has 5 rings (SSSR count). The quantitative estimate of drug-likeness (QED) is 0.687. The number of methoxy groups -OCH3 is 1. The van der Waals surface area contributed by atoms with Gasteiger partial charge < -0.3 is 20.2 Å². The van der Waals surface area contributed by atoms with E-state index in [0.29, 0.717) is 11.8 Å². The number of fused-ring (bicyclic) bond motifs is 3. The van der Waals surface area contributed by atoms with Gasteiger partial charge in [-0.3, -0.25) is 0 Å². The van der Waals surface area contributed by atoms with Gasteiger partial charge in [-0.25, -0.2) is 0 Å². The molecule has 3 aromatic rings. The van der Waals surface area contributed by atoms with Gasteiger partial charge in [-0.2, -0.15) is 5.01 Å². The second-order valence-electron chi connectivity index (χ2n) is 7.66. The van der Waals surface area contributed by atoms with Crippen LogP contribution in [-0.4, -0.2) is 29.8 Å². The van der Waals surface area contributed by atoms with E-state index in [1.807, 2.05) is 36.4 Å². The van der Waals surface area contributed by atoms with Crippen molar-refractivity contribution in [1.82, 2.24) is 5.01 Å². The van der Waals surface area contributed by atoms with Gasteiger partial charge in [0.15, 0.2) is 11.5 Å². The average molecular weight is 387 g/mol. The van der Waals surface area contributed by atoms with Gasteiger partial charge in [-0.05, 0) is 54.3 Å². The van der Waals surface area contributed by atoms with E-state index >= 15 is 0 Å². The van der Waals surface area contributed by atoms with Crippen LogP contribution in [-0.2, 0) is 6.42 Å². The normalized spacial score (nSPS) is 20.8. The lowest BCUT2D eigenvalue weighted by Gasteiger charge is -2.38. The fourth-order valence-corrected chi connectivity index (χ4v) is 4.61. The monoisotopic (exact) mass is 387 g/mol. The molecule has 148 valence electrons. The van der Waals surface area contributed by atoms with E-state index in [-0.39, 0.29) is 11.9 Å². The summed E-state index contributed by atoms with van der Waals surface area (Å²) in [5.74, 6) is 0.656. The number of nitrogens with one attached hydrogen (secondary N) is 1. The van der Waals surface area contributed by atoms with Crippen LogP contribution >= 0.6 is 0 Å². The minimum Gasteiger partial charge on any atom is -0.504 e. The Morgan fingerprint density at radius 2 is 1.79 bits per heavy atom. The Morgan fingerprint density at radius 1 is 1.00 bits per heavy atom. The molecular formula is C24H25N3O2. The molecule has 0 radical (unpaired) electrons. The van der Waals surface area contributed by atoms with E-state index in [9.17, 15) is 5.11 Å². The molecule has 5 nitrogen and oxygen atoms in total. The molecule has 0 saturated carbocycles. The van der Waals surface area contributed by atoms with Crippen LogP contribution in [0.3, 0.4) is 0 Å². The van der Waals surface area contributed by atoms with Gasteiger partial charge in [0.05, 0.1) is 7.11 Å². The Kier molecular flexibility index (Phi) is 4.52. The van der Waals surface area contributed by atoms with Crippen LogP contribution in [0.4, 0.5) is 11.4 Å². The molecule has 2 heterocycles. The number of rotatable bonds is 4. The average Bonchev–Trinajstić information content (AvgIpc) is 3.12. The van der Waals surface area contributed by atoms with Crippen LogP contribution in [0.1, 0.15) is 23.7 Å². The number of nitrogens with zero attached hydrogens (tertiary/aromatic N) is 2. The Labute approximate surface area is 171 Å². The summed E-state index contributed by atoms with van der Waals surface area (Å²) in [4.78, 5) is 2.50. The summed E-state index contributed by atoms with van der Waals surface area (Å²) in [6.45, 7) is 0.903. The lowest BCUT2D eigenvalue weighted by atomic mass is 9.96. The van der Waals surface area contributed by atoms with E-state index in [2.05, 4.69) is 51.7 Å². The van der Waals surface area contributed by atoms with Crippen LogP contribution in [0.2, 0.25) is 0 Å². The first-order chi connectivity index (χ1) is 14.2. The molecule has 29 heavy (non-hydrogen) atoms. The molecule has 0 aromatic heterocycles. The van der Waals surface area contributed by atoms with Gasteiger partial charge in [0.2, 0.25) is 0 Å². The van der Waals surface area contributed by atoms with Gasteiger partial charge in [-0.1, -0.05) is 42.5 Å². The largest absolute Gasteiger partial charge is 0.504 e. The maximum Gasteiger partial charge on any atom is 0.160 e. The molecule has 1 saturated heterocycles. The van der Waals surface area contributed by atoms with Crippen molar-refractivity contribution in [3.63, 3.8) is 0 Å². The van der Waals surface area contributed by atoms with Crippen molar-refractivity contribution in [2.45, 2.75) is 25.0 Å². The highest BCUT2D eigenvalue weighted by Gasteiger charge is 2.43. The maximum absolute atomic E-state index is 10.4. The third kappa shape index (κ3) is 3.17. The van der Waals surface area contributed by atoms with E-state index in [1.165, 1.54) is 11.3 Å². The summed E-state index contributed by atoms with van der Waals surface area (Å²) in [6, 6.07) is 25.0. The van der Waals surface area contributed by atoms with Crippen molar-refractivity contribution in [2.24, 2.45) is 0 Å². The first-order valence-corrected chi connectivity index (χ1v) is 10.1. The summed E-state index contributed by atoms with van der Waals surface area (Å²) < 4.78 is 5.26. The molecule has 2 aliphatic heterocycles. The Hall–Kier alpha value is -3.18. The number of hydrazine groups is 1. The van der Waals surface area contributed by atoms with Gasteiger partial charge in [0.25, 0.3) is 0 Å². The van der Waals surface area contributed by atoms with Crippen LogP contribution < -0.4 is 15.1 Å². The van der Waals surface area contributed by atoms with Crippen LogP contribution in [0, 0.1) is 0 Å². The Balaban J connectivity index is 1.58. The van der Waals surface area contributed by atoms with Crippen LogP contribution in [0.25, 0.3) is 0 Å². The molecule has 5 heteroatoms. The number of phenolic OH excluding ortho intramolecular Hbond substituents is 1. The number of anilines is 2. The van der Waals surface area contributed by atoms with E-state index in [0.717, 1.165) is 30.6 Å². The van der Waals surface area contributed by atoms with Crippen molar-refractivity contribution in [3.05, 3.63) is 83.9 Å². The van der Waals surface area contributed by atoms with Crippen molar-refractivity contribution in [1.29, 1.82) is 0 Å². The number of aromatic hydroxyl groups is 1. The minimum atomic E-state index is -0.0292. The molecule has 1 fully saturated rings. The first kappa shape index (κ1) is 17.9. The Bertz CT molecular complexity index is 1010. The summed E-state index contributed by atoms with van der Waals surface area (Å²) in [5, 5.41) is 12.7. The number of benzene rings is 3. The van der Waals surface area contributed by atoms with Crippen molar-refractivity contribution < 1.29 is 9.84 Å². The van der Waals surface area contributed by atoms with Crippen molar-refractivity contribution >= 4 is 11.4 Å². The summed E-state index contributed by atoms with van der Waals surface area (Å²) in [7, 11) is 1.57. The Morgan fingerprint density at radius 3 is 2.59 bits per heavy atom. The minimum absolute atomic E-state index is 0.0292. The number of aryl methyl sites for hydroxylation is 1. The number of phenols is 1. The topological polar surface area (TPSA) is 48.0 Å². The van der Waals surface area contributed by atoms with E-state index in [1.54, 1.807) is 7.11 Å². The zero-order valence-corrected chi connectivity index (χ0v) is 16.5. The number of hydrogen-bond donors (Lipinski definition) is 2. The summed E-state index contributed by atoms with van der Waals surface area (Å²) >= 11 is 0. The maximum atomic E-state index is 10.4. The van der Waals surface area contributed by atoms with Gasteiger partial charge in [0.1, 0.15) is 6.17 Å². The van der Waals surface area contributed by atoms with Crippen molar-refractivity contribution in [3.8, 4) is 11.5 Å². The second kappa shape index (κ2) is 7.33. The molecule has 0 spiro atoms. The van der Waals surface area contributed by atoms with Gasteiger partial charge >= 0.3 is 0 Å². The molecule has 2 N–H and O–H groups in total. The van der Waals surface area contributed by atoms with Crippen LogP contribution in [0.5, 0.6) is 11.5 Å². The molecule has 1 unspecified atom stereocenters. The fourth-order valence-electron chi connectivity index (χ4n) is 4.61. The third-order valence-electron chi connectivity index (χ3n) is 5.92. The fraction of sp³-hybridized carbons (Fsp3) is 0.250. The van der Waals surface area contributed by atoms with Crippen LogP contribution in [0.15, 0.2) is 72.8 Å². The molecule has 0 bridgehead atoms.